The minimum atomic E-state index is -3.86. The Hall–Kier alpha value is -2.45. The van der Waals surface area contributed by atoms with Crippen molar-refractivity contribution in [3.63, 3.8) is 0 Å². The highest BCUT2D eigenvalue weighted by Crippen LogP contribution is 2.48. The van der Waals surface area contributed by atoms with Crippen molar-refractivity contribution < 1.29 is 31.5 Å². The van der Waals surface area contributed by atoms with Crippen LogP contribution in [0.25, 0.3) is 0 Å². The van der Waals surface area contributed by atoms with Gasteiger partial charge in [-0.05, 0) is 31.2 Å². The summed E-state index contributed by atoms with van der Waals surface area (Å²) in [7, 11) is -3.86. The molecule has 0 aromatic heterocycles. The molecule has 2 aliphatic rings. The summed E-state index contributed by atoms with van der Waals surface area (Å²) in [4.78, 5) is 0.104. The van der Waals surface area contributed by atoms with Crippen molar-refractivity contribution in [3.05, 3.63) is 42.0 Å². The quantitative estimate of drug-likeness (QED) is 0.770. The van der Waals surface area contributed by atoms with E-state index in [0.717, 1.165) is 5.56 Å². The van der Waals surface area contributed by atoms with Gasteiger partial charge in [-0.15, -0.1) is 0 Å². The first-order valence-corrected chi connectivity index (χ1v) is 9.12. The van der Waals surface area contributed by atoms with Crippen LogP contribution in [0.5, 0.6) is 23.0 Å². The Morgan fingerprint density at radius 1 is 1.00 bits per heavy atom. The molecule has 0 aliphatic carbocycles. The van der Waals surface area contributed by atoms with E-state index < -0.39 is 16.2 Å². The molecule has 1 atom stereocenters. The van der Waals surface area contributed by atoms with Gasteiger partial charge in [0.05, 0.1) is 4.90 Å². The number of ether oxygens (including phenoxy) is 4. The molecule has 0 saturated heterocycles. The van der Waals surface area contributed by atoms with E-state index in [0.29, 0.717) is 23.0 Å². The summed E-state index contributed by atoms with van der Waals surface area (Å²) in [5.74, 6) is 1.96. The molecule has 0 bridgehead atoms. The first kappa shape index (κ1) is 16.0. The molecule has 2 aromatic carbocycles. The van der Waals surface area contributed by atoms with Crippen LogP contribution >= 0.6 is 0 Å². The maximum Gasteiger partial charge on any atom is 0.297 e. The van der Waals surface area contributed by atoms with E-state index in [2.05, 4.69) is 0 Å². The van der Waals surface area contributed by atoms with E-state index in [1.54, 1.807) is 24.3 Å². The van der Waals surface area contributed by atoms with Gasteiger partial charge in [0.15, 0.2) is 17.6 Å². The number of rotatable bonds is 4. The third-order valence-corrected chi connectivity index (χ3v) is 5.18. The minimum Gasteiger partial charge on any atom is -0.486 e. The normalized spacial score (nSPS) is 18.2. The molecule has 0 spiro atoms. The molecule has 2 heterocycles. The van der Waals surface area contributed by atoms with Gasteiger partial charge in [-0.25, -0.2) is 0 Å². The third-order valence-electron chi connectivity index (χ3n) is 3.89. The first-order valence-electron chi connectivity index (χ1n) is 7.71. The standard InChI is InChI=1S/C17H16O7S/c1-11-2-4-13(5-3-11)25(18,19)23-9-12-8-20-15-7-6-14-16(17(15)24-12)22-10-21-14/h2-7,12H,8-10H2,1H3/t12-/m0/s1. The van der Waals surface area contributed by atoms with Crippen molar-refractivity contribution in [2.75, 3.05) is 20.0 Å². The Labute approximate surface area is 145 Å². The van der Waals surface area contributed by atoms with Crippen LogP contribution in [0.2, 0.25) is 0 Å². The van der Waals surface area contributed by atoms with Gasteiger partial charge in [-0.2, -0.15) is 8.42 Å². The Balaban J connectivity index is 1.46. The van der Waals surface area contributed by atoms with E-state index in [1.807, 2.05) is 6.92 Å². The summed E-state index contributed by atoms with van der Waals surface area (Å²) < 4.78 is 51.7. The van der Waals surface area contributed by atoms with Gasteiger partial charge in [0.25, 0.3) is 10.1 Å². The van der Waals surface area contributed by atoms with Crippen LogP contribution in [0, 0.1) is 6.92 Å². The van der Waals surface area contributed by atoms with Crippen LogP contribution in [0.3, 0.4) is 0 Å². The van der Waals surface area contributed by atoms with Crippen LogP contribution in [0.15, 0.2) is 41.3 Å². The van der Waals surface area contributed by atoms with Crippen LogP contribution in [-0.2, 0) is 14.3 Å². The monoisotopic (exact) mass is 364 g/mol. The van der Waals surface area contributed by atoms with Crippen molar-refractivity contribution >= 4 is 10.1 Å². The summed E-state index contributed by atoms with van der Waals surface area (Å²) in [6, 6.07) is 9.92. The van der Waals surface area contributed by atoms with Crippen LogP contribution in [0.1, 0.15) is 5.56 Å². The van der Waals surface area contributed by atoms with Crippen molar-refractivity contribution in [1.29, 1.82) is 0 Å². The second-order valence-electron chi connectivity index (χ2n) is 5.73. The van der Waals surface area contributed by atoms with Gasteiger partial charge in [-0.3, -0.25) is 4.18 Å². The fourth-order valence-electron chi connectivity index (χ4n) is 2.56. The molecule has 0 unspecified atom stereocenters. The lowest BCUT2D eigenvalue weighted by molar-refractivity contribution is 0.0520. The Morgan fingerprint density at radius 3 is 2.48 bits per heavy atom. The Morgan fingerprint density at radius 2 is 1.72 bits per heavy atom. The van der Waals surface area contributed by atoms with Gasteiger partial charge in [-0.1, -0.05) is 17.7 Å². The minimum absolute atomic E-state index is 0.104. The van der Waals surface area contributed by atoms with Crippen LogP contribution in [0.4, 0.5) is 0 Å². The fourth-order valence-corrected chi connectivity index (χ4v) is 3.49. The summed E-state index contributed by atoms with van der Waals surface area (Å²) in [5, 5.41) is 0. The first-order chi connectivity index (χ1) is 12.0. The molecule has 0 radical (unpaired) electrons. The molecule has 0 saturated carbocycles. The average Bonchev–Trinajstić information content (AvgIpc) is 3.09. The molecule has 2 aromatic rings. The van der Waals surface area contributed by atoms with Crippen LogP contribution in [-0.4, -0.2) is 34.5 Å². The molecular formula is C17H16O7S. The van der Waals surface area contributed by atoms with Gasteiger partial charge in [0, 0.05) is 0 Å². The van der Waals surface area contributed by atoms with Crippen LogP contribution < -0.4 is 18.9 Å². The molecule has 0 N–H and O–H groups in total. The molecule has 4 rings (SSSR count). The number of benzene rings is 2. The molecule has 0 fully saturated rings. The SMILES string of the molecule is Cc1ccc(S(=O)(=O)OC[C@@H]2COc3ccc4c(c3O2)OCO4)cc1. The predicted molar refractivity (Wildman–Crippen MR) is 86.8 cm³/mol. The maximum atomic E-state index is 12.3. The largest absolute Gasteiger partial charge is 0.486 e. The highest BCUT2D eigenvalue weighted by molar-refractivity contribution is 7.86. The highest BCUT2D eigenvalue weighted by Gasteiger charge is 2.31. The predicted octanol–water partition coefficient (Wildman–Crippen LogP) is 2.27. The summed E-state index contributed by atoms with van der Waals surface area (Å²) >= 11 is 0. The van der Waals surface area contributed by atoms with Gasteiger partial charge < -0.3 is 18.9 Å². The lowest BCUT2D eigenvalue weighted by atomic mass is 10.2. The second kappa shape index (κ2) is 6.12. The number of fused-ring (bicyclic) bond motifs is 3. The van der Waals surface area contributed by atoms with Crippen molar-refractivity contribution in [1.82, 2.24) is 0 Å². The van der Waals surface area contributed by atoms with E-state index in [4.69, 9.17) is 23.1 Å². The lowest BCUT2D eigenvalue weighted by Gasteiger charge is -2.26. The molecule has 132 valence electrons. The third kappa shape index (κ3) is 3.10. The fraction of sp³-hybridized carbons (Fsp3) is 0.294. The molecule has 2 aliphatic heterocycles. The van der Waals surface area contributed by atoms with Gasteiger partial charge in [0.2, 0.25) is 18.3 Å². The van der Waals surface area contributed by atoms with Crippen molar-refractivity contribution in [3.8, 4) is 23.0 Å². The van der Waals surface area contributed by atoms with E-state index in [-0.39, 0.29) is 24.9 Å². The smallest absolute Gasteiger partial charge is 0.297 e. The summed E-state index contributed by atoms with van der Waals surface area (Å²) in [6.07, 6.45) is -0.580. The Bertz CT molecular complexity index is 890. The van der Waals surface area contributed by atoms with Gasteiger partial charge in [0.1, 0.15) is 13.2 Å². The van der Waals surface area contributed by atoms with Crippen molar-refractivity contribution in [2.24, 2.45) is 0 Å². The summed E-state index contributed by atoms with van der Waals surface area (Å²) in [6.45, 7) is 2.00. The zero-order valence-electron chi connectivity index (χ0n) is 13.4. The molecular weight excluding hydrogens is 348 g/mol. The highest BCUT2D eigenvalue weighted by atomic mass is 32.2. The topological polar surface area (TPSA) is 80.3 Å². The lowest BCUT2D eigenvalue weighted by Crippen LogP contribution is -2.34. The Kier molecular flexibility index (Phi) is 3.93. The summed E-state index contributed by atoms with van der Waals surface area (Å²) in [5.41, 5.74) is 0.968. The molecule has 0 amide bonds. The molecule has 7 nitrogen and oxygen atoms in total. The van der Waals surface area contributed by atoms with Gasteiger partial charge >= 0.3 is 0 Å². The van der Waals surface area contributed by atoms with E-state index in [1.165, 1.54) is 12.1 Å². The zero-order valence-corrected chi connectivity index (χ0v) is 14.2. The number of hydrogen-bond donors (Lipinski definition) is 0. The van der Waals surface area contributed by atoms with E-state index in [9.17, 15) is 8.42 Å². The maximum absolute atomic E-state index is 12.3. The number of aryl methyl sites for hydroxylation is 1. The molecule has 25 heavy (non-hydrogen) atoms. The zero-order chi connectivity index (χ0) is 17.4. The van der Waals surface area contributed by atoms with Crippen molar-refractivity contribution in [2.45, 2.75) is 17.9 Å². The average molecular weight is 364 g/mol. The van der Waals surface area contributed by atoms with E-state index >= 15 is 0 Å². The molecule has 8 heteroatoms. The number of hydrogen-bond acceptors (Lipinski definition) is 7. The second-order valence-corrected chi connectivity index (χ2v) is 7.34.